The van der Waals surface area contributed by atoms with E-state index >= 15 is 0 Å². The zero-order valence-electron chi connectivity index (χ0n) is 11.3. The van der Waals surface area contributed by atoms with Gasteiger partial charge in [0.1, 0.15) is 0 Å². The van der Waals surface area contributed by atoms with Gasteiger partial charge in [0.25, 0.3) is 0 Å². The maximum absolute atomic E-state index is 4.05. The van der Waals surface area contributed by atoms with Gasteiger partial charge in [-0.2, -0.15) is 0 Å². The van der Waals surface area contributed by atoms with E-state index < -0.39 is 0 Å². The van der Waals surface area contributed by atoms with Gasteiger partial charge in [-0.3, -0.25) is 0 Å². The van der Waals surface area contributed by atoms with Crippen LogP contribution in [0.5, 0.6) is 0 Å². The second-order valence-corrected chi connectivity index (χ2v) is 8.70. The molecule has 102 valence electrons. The van der Waals surface area contributed by atoms with E-state index in [1.165, 1.54) is 37.7 Å². The van der Waals surface area contributed by atoms with Crippen molar-refractivity contribution in [1.29, 1.82) is 0 Å². The molecule has 1 aromatic rings. The summed E-state index contributed by atoms with van der Waals surface area (Å²) in [5, 5.41) is 3.88. The summed E-state index contributed by atoms with van der Waals surface area (Å²) in [6.45, 7) is 1.04. The molecule has 0 aliphatic heterocycles. The average molecular weight is 320 g/mol. The molecule has 4 bridgehead atoms. The lowest BCUT2D eigenvalue weighted by atomic mass is 9.54. The molecule has 0 amide bonds. The van der Waals surface area contributed by atoms with Crippen molar-refractivity contribution in [3.05, 3.63) is 35.9 Å². The molecule has 1 nitrogen and oxygen atoms in total. The Kier molecular flexibility index (Phi) is 3.00. The molecule has 4 aliphatic carbocycles. The van der Waals surface area contributed by atoms with Crippen LogP contribution in [0, 0.1) is 17.8 Å². The average Bonchev–Trinajstić information content (AvgIpc) is 2.37. The SMILES string of the molecule is BrC12CC3C[C@@H](C1)C(NCc1ccccc1)[C@@H](C3)C2. The molecule has 1 aromatic carbocycles. The first kappa shape index (κ1) is 12.4. The zero-order chi connectivity index (χ0) is 12.9. The molecule has 0 saturated heterocycles. The molecule has 5 rings (SSSR count). The molecule has 0 spiro atoms. The molecule has 0 aromatic heterocycles. The van der Waals surface area contributed by atoms with E-state index in [0.29, 0.717) is 4.32 Å². The number of nitrogens with one attached hydrogen (secondary N) is 1. The number of hydrogen-bond donors (Lipinski definition) is 1. The highest BCUT2D eigenvalue weighted by molar-refractivity contribution is 9.10. The predicted octanol–water partition coefficient (Wildman–Crippen LogP) is 4.12. The first-order chi connectivity index (χ1) is 9.22. The van der Waals surface area contributed by atoms with E-state index in [9.17, 15) is 0 Å². The standard InChI is InChI=1S/C17H22BrN/c18-17-8-13-6-14(9-17)16(15(7-13)10-17)19-11-12-4-2-1-3-5-12/h1-5,13-16,19H,6-11H2/t13?,14-,15-,16?,17?/m0/s1. The van der Waals surface area contributed by atoms with Gasteiger partial charge in [0.05, 0.1) is 0 Å². The minimum absolute atomic E-state index is 0.508. The van der Waals surface area contributed by atoms with Gasteiger partial charge in [-0.1, -0.05) is 46.3 Å². The summed E-state index contributed by atoms with van der Waals surface area (Å²) in [7, 11) is 0. The highest BCUT2D eigenvalue weighted by atomic mass is 79.9. The Morgan fingerprint density at radius 1 is 1.05 bits per heavy atom. The number of rotatable bonds is 3. The fourth-order valence-electron chi connectivity index (χ4n) is 5.09. The Bertz CT molecular complexity index is 442. The third kappa shape index (κ3) is 2.27. The van der Waals surface area contributed by atoms with Crippen molar-refractivity contribution in [2.24, 2.45) is 17.8 Å². The van der Waals surface area contributed by atoms with Gasteiger partial charge in [-0.25, -0.2) is 0 Å². The van der Waals surface area contributed by atoms with Crippen LogP contribution >= 0.6 is 15.9 Å². The molecular weight excluding hydrogens is 298 g/mol. The van der Waals surface area contributed by atoms with Crippen molar-refractivity contribution >= 4 is 15.9 Å². The molecule has 19 heavy (non-hydrogen) atoms. The number of benzene rings is 1. The molecular formula is C17H22BrN. The molecule has 0 heterocycles. The quantitative estimate of drug-likeness (QED) is 0.826. The van der Waals surface area contributed by atoms with Crippen molar-refractivity contribution in [2.45, 2.75) is 49.0 Å². The summed E-state index contributed by atoms with van der Waals surface area (Å²) in [6.07, 6.45) is 7.16. The van der Waals surface area contributed by atoms with Gasteiger partial charge in [0, 0.05) is 16.9 Å². The summed E-state index contributed by atoms with van der Waals surface area (Å²) < 4.78 is 0.508. The van der Waals surface area contributed by atoms with E-state index in [4.69, 9.17) is 0 Å². The first-order valence-corrected chi connectivity index (χ1v) is 8.47. The number of halogens is 1. The summed E-state index contributed by atoms with van der Waals surface area (Å²) >= 11 is 4.05. The van der Waals surface area contributed by atoms with Gasteiger partial charge in [-0.15, -0.1) is 0 Å². The molecule has 4 saturated carbocycles. The van der Waals surface area contributed by atoms with Crippen LogP contribution in [-0.2, 0) is 6.54 Å². The maximum atomic E-state index is 4.05. The third-order valence-electron chi connectivity index (χ3n) is 5.58. The molecule has 0 radical (unpaired) electrons. The van der Waals surface area contributed by atoms with Gasteiger partial charge < -0.3 is 5.32 Å². The van der Waals surface area contributed by atoms with Gasteiger partial charge in [-0.05, 0) is 55.4 Å². The third-order valence-corrected chi connectivity index (χ3v) is 6.55. The monoisotopic (exact) mass is 319 g/mol. The van der Waals surface area contributed by atoms with Crippen LogP contribution in [0.15, 0.2) is 30.3 Å². The number of hydrogen-bond acceptors (Lipinski definition) is 1. The Morgan fingerprint density at radius 3 is 2.37 bits per heavy atom. The van der Waals surface area contributed by atoms with Crippen LogP contribution in [0.25, 0.3) is 0 Å². The molecule has 4 aliphatic rings. The zero-order valence-corrected chi connectivity index (χ0v) is 12.9. The lowest BCUT2D eigenvalue weighted by Crippen LogP contribution is -2.58. The van der Waals surface area contributed by atoms with Gasteiger partial charge >= 0.3 is 0 Å². The molecule has 2 atom stereocenters. The normalized spacial score (nSPS) is 43.6. The first-order valence-electron chi connectivity index (χ1n) is 7.68. The smallest absolute Gasteiger partial charge is 0.0267 e. The fraction of sp³-hybridized carbons (Fsp3) is 0.647. The minimum Gasteiger partial charge on any atom is -0.309 e. The second-order valence-electron chi connectivity index (χ2n) is 7.01. The number of alkyl halides is 1. The second kappa shape index (κ2) is 4.60. The van der Waals surface area contributed by atoms with E-state index in [1.807, 2.05) is 0 Å². The van der Waals surface area contributed by atoms with E-state index in [2.05, 4.69) is 51.6 Å². The van der Waals surface area contributed by atoms with Crippen LogP contribution in [0.3, 0.4) is 0 Å². The van der Waals surface area contributed by atoms with E-state index in [0.717, 1.165) is 30.3 Å². The fourth-order valence-corrected chi connectivity index (χ4v) is 6.38. The van der Waals surface area contributed by atoms with Gasteiger partial charge in [0.2, 0.25) is 0 Å². The Balaban J connectivity index is 1.45. The van der Waals surface area contributed by atoms with Gasteiger partial charge in [0.15, 0.2) is 0 Å². The Morgan fingerprint density at radius 2 is 1.74 bits per heavy atom. The van der Waals surface area contributed by atoms with Crippen molar-refractivity contribution in [2.75, 3.05) is 0 Å². The summed E-state index contributed by atoms with van der Waals surface area (Å²) in [4.78, 5) is 0. The van der Waals surface area contributed by atoms with Crippen LogP contribution in [0.4, 0.5) is 0 Å². The van der Waals surface area contributed by atoms with Crippen molar-refractivity contribution < 1.29 is 0 Å². The predicted molar refractivity (Wildman–Crippen MR) is 82.3 cm³/mol. The topological polar surface area (TPSA) is 12.0 Å². The highest BCUT2D eigenvalue weighted by Crippen LogP contribution is 2.59. The van der Waals surface area contributed by atoms with Crippen molar-refractivity contribution in [3.63, 3.8) is 0 Å². The van der Waals surface area contributed by atoms with Crippen LogP contribution in [-0.4, -0.2) is 10.4 Å². The largest absolute Gasteiger partial charge is 0.309 e. The molecule has 2 heteroatoms. The summed E-state index contributed by atoms with van der Waals surface area (Å²) in [6, 6.07) is 11.6. The Labute approximate surface area is 124 Å². The molecule has 0 unspecified atom stereocenters. The molecule has 4 fully saturated rings. The highest BCUT2D eigenvalue weighted by Gasteiger charge is 2.54. The maximum Gasteiger partial charge on any atom is 0.0267 e. The van der Waals surface area contributed by atoms with Crippen LogP contribution < -0.4 is 5.32 Å². The van der Waals surface area contributed by atoms with Crippen molar-refractivity contribution in [3.8, 4) is 0 Å². The molecule has 1 N–H and O–H groups in total. The van der Waals surface area contributed by atoms with Crippen molar-refractivity contribution in [1.82, 2.24) is 5.32 Å². The van der Waals surface area contributed by atoms with E-state index in [-0.39, 0.29) is 0 Å². The lowest BCUT2D eigenvalue weighted by Gasteiger charge is -2.58. The summed E-state index contributed by atoms with van der Waals surface area (Å²) in [5.74, 6) is 2.83. The van der Waals surface area contributed by atoms with E-state index in [1.54, 1.807) is 0 Å². The lowest BCUT2D eigenvalue weighted by molar-refractivity contribution is 0.00435. The van der Waals surface area contributed by atoms with Crippen LogP contribution in [0.1, 0.15) is 37.7 Å². The Hall–Kier alpha value is -0.340. The minimum atomic E-state index is 0.508. The summed E-state index contributed by atoms with van der Waals surface area (Å²) in [5.41, 5.74) is 1.42. The van der Waals surface area contributed by atoms with Crippen LogP contribution in [0.2, 0.25) is 0 Å².